The number of benzene rings is 1. The highest BCUT2D eigenvalue weighted by Gasteiger charge is 2.74. The van der Waals surface area contributed by atoms with Crippen LogP contribution >= 0.6 is 23.4 Å². The zero-order valence-electron chi connectivity index (χ0n) is 20.0. The minimum Gasteiger partial charge on any atom is -0.466 e. The summed E-state index contributed by atoms with van der Waals surface area (Å²) in [5, 5.41) is 9.60. The van der Waals surface area contributed by atoms with Gasteiger partial charge in [-0.05, 0) is 51.2 Å². The second kappa shape index (κ2) is 10.9. The second-order valence-electron chi connectivity index (χ2n) is 9.31. The van der Waals surface area contributed by atoms with E-state index < -0.39 is 22.6 Å². The van der Waals surface area contributed by atoms with Crippen LogP contribution in [0.1, 0.15) is 39.0 Å². The third-order valence-electron chi connectivity index (χ3n) is 7.37. The van der Waals surface area contributed by atoms with Gasteiger partial charge in [-0.2, -0.15) is 0 Å². The maximum Gasteiger partial charge on any atom is 0.310 e. The zero-order valence-corrected chi connectivity index (χ0v) is 21.6. The van der Waals surface area contributed by atoms with Crippen LogP contribution in [0, 0.1) is 11.8 Å². The van der Waals surface area contributed by atoms with Gasteiger partial charge in [0.15, 0.2) is 0 Å². The highest BCUT2D eigenvalue weighted by molar-refractivity contribution is 8.02. The highest BCUT2D eigenvalue weighted by atomic mass is 35.5. The molecule has 1 N–H and O–H groups in total. The topological polar surface area (TPSA) is 87.2 Å². The summed E-state index contributed by atoms with van der Waals surface area (Å²) < 4.78 is 4.70. The van der Waals surface area contributed by atoms with E-state index in [-0.39, 0.29) is 42.8 Å². The van der Waals surface area contributed by atoms with Gasteiger partial charge in [-0.1, -0.05) is 29.8 Å². The number of aliphatic hydroxyl groups excluding tert-OH is 1. The summed E-state index contributed by atoms with van der Waals surface area (Å²) in [6, 6.07) is 6.45. The Morgan fingerprint density at radius 1 is 1.34 bits per heavy atom. The molecule has 3 aliphatic rings. The molecule has 1 aromatic rings. The van der Waals surface area contributed by atoms with Crippen molar-refractivity contribution in [1.29, 1.82) is 0 Å². The van der Waals surface area contributed by atoms with Gasteiger partial charge in [0.05, 0.1) is 33.9 Å². The monoisotopic (exact) mass is 520 g/mol. The van der Waals surface area contributed by atoms with Crippen molar-refractivity contribution in [2.75, 3.05) is 31.2 Å². The quantitative estimate of drug-likeness (QED) is 0.272. The van der Waals surface area contributed by atoms with Crippen molar-refractivity contribution in [2.24, 2.45) is 11.8 Å². The fraction of sp³-hybridized carbons (Fsp3) is 0.577. The van der Waals surface area contributed by atoms with E-state index in [0.717, 1.165) is 12.8 Å². The molecule has 3 heterocycles. The fourth-order valence-corrected chi connectivity index (χ4v) is 8.44. The number of halogens is 1. The maximum absolute atomic E-state index is 14.3. The molecule has 2 unspecified atom stereocenters. The molecule has 5 atom stereocenters. The van der Waals surface area contributed by atoms with E-state index in [1.165, 1.54) is 0 Å². The van der Waals surface area contributed by atoms with E-state index in [0.29, 0.717) is 36.5 Å². The van der Waals surface area contributed by atoms with Crippen molar-refractivity contribution >= 4 is 46.8 Å². The number of amides is 2. The van der Waals surface area contributed by atoms with Crippen LogP contribution in [0.4, 0.5) is 5.69 Å². The number of ether oxygens (including phenoxy) is 1. The van der Waals surface area contributed by atoms with Gasteiger partial charge in [0.25, 0.3) is 5.91 Å². The van der Waals surface area contributed by atoms with Crippen LogP contribution in [0.25, 0.3) is 0 Å². The van der Waals surface area contributed by atoms with Crippen molar-refractivity contribution in [2.45, 2.75) is 55.1 Å². The molecule has 1 aromatic carbocycles. The molecule has 0 aromatic heterocycles. The van der Waals surface area contributed by atoms with Gasteiger partial charge in [-0.15, -0.1) is 18.3 Å². The molecule has 190 valence electrons. The van der Waals surface area contributed by atoms with Gasteiger partial charge in [-0.3, -0.25) is 14.4 Å². The first kappa shape index (κ1) is 26.0. The maximum atomic E-state index is 14.3. The van der Waals surface area contributed by atoms with E-state index in [4.69, 9.17) is 16.3 Å². The fourth-order valence-electron chi connectivity index (χ4n) is 6.00. The lowest BCUT2D eigenvalue weighted by Gasteiger charge is -2.37. The van der Waals surface area contributed by atoms with Crippen LogP contribution in [0.3, 0.4) is 0 Å². The molecule has 7 nitrogen and oxygen atoms in total. The van der Waals surface area contributed by atoms with Crippen LogP contribution in [0.2, 0.25) is 5.02 Å². The SMILES string of the molecule is C=CCN(C(=O)C1N(CCCCCO)C(=O)[C@@H]2[C@H](C(=O)OCC)[C@@H]3CCC12S3)c1ccccc1Cl. The summed E-state index contributed by atoms with van der Waals surface area (Å²) >= 11 is 8.10. The minimum atomic E-state index is -0.709. The number of aliphatic hydroxyl groups is 1. The predicted octanol–water partition coefficient (Wildman–Crippen LogP) is 3.68. The number of hydrogen-bond donors (Lipinski definition) is 1. The number of anilines is 1. The van der Waals surface area contributed by atoms with Crippen LogP contribution in [0.5, 0.6) is 0 Å². The number of hydrogen-bond acceptors (Lipinski definition) is 6. The standard InChI is InChI=1S/C26H33ClN2O5S/c1-3-14-28(18-11-7-6-10-17(18)27)24(32)22-26-13-12-19(35-26)20(25(33)34-4-2)21(26)23(31)29(22)15-8-5-9-16-30/h3,6-7,10-11,19-22,30H,1,4-5,8-9,12-16H2,2H3/t19-,20+,21-,22?,26?/m0/s1. The number of likely N-dealkylation sites (tertiary alicyclic amines) is 1. The Morgan fingerprint density at radius 2 is 2.11 bits per heavy atom. The number of unbranched alkanes of at least 4 members (excludes halogenated alkanes) is 2. The minimum absolute atomic E-state index is 0.0250. The Kier molecular flexibility index (Phi) is 8.13. The molecule has 3 fully saturated rings. The molecule has 3 saturated heterocycles. The van der Waals surface area contributed by atoms with Crippen LogP contribution < -0.4 is 4.90 Å². The summed E-state index contributed by atoms with van der Waals surface area (Å²) in [7, 11) is 0. The van der Waals surface area contributed by atoms with Crippen LogP contribution in [-0.4, -0.2) is 70.1 Å². The molecular formula is C26H33ClN2O5S. The van der Waals surface area contributed by atoms with E-state index in [1.807, 2.05) is 12.1 Å². The third kappa shape index (κ3) is 4.49. The first-order valence-electron chi connectivity index (χ1n) is 12.3. The molecule has 0 saturated carbocycles. The summed E-state index contributed by atoms with van der Waals surface area (Å²) in [5.74, 6) is -1.79. The van der Waals surface area contributed by atoms with Crippen LogP contribution in [0.15, 0.2) is 36.9 Å². The van der Waals surface area contributed by atoms with Crippen LogP contribution in [-0.2, 0) is 19.1 Å². The number of nitrogens with zero attached hydrogens (tertiary/aromatic N) is 2. The molecular weight excluding hydrogens is 488 g/mol. The van der Waals surface area contributed by atoms with E-state index in [1.54, 1.807) is 46.7 Å². The first-order chi connectivity index (χ1) is 16.9. The van der Waals surface area contributed by atoms with Crippen molar-refractivity contribution in [1.82, 2.24) is 4.90 Å². The average Bonchev–Trinajstić information content (AvgIpc) is 3.48. The van der Waals surface area contributed by atoms with Crippen molar-refractivity contribution < 1.29 is 24.2 Å². The number of fused-ring (bicyclic) bond motifs is 1. The number of thioether (sulfide) groups is 1. The zero-order chi connectivity index (χ0) is 25.2. The molecule has 9 heteroatoms. The number of carbonyl (C=O) groups is 3. The Balaban J connectivity index is 1.73. The lowest BCUT2D eigenvalue weighted by molar-refractivity contribution is -0.153. The molecule has 0 radical (unpaired) electrons. The summed E-state index contributed by atoms with van der Waals surface area (Å²) in [6.07, 6.45) is 5.18. The van der Waals surface area contributed by atoms with E-state index >= 15 is 0 Å². The number of esters is 1. The molecule has 0 aliphatic carbocycles. The highest BCUT2D eigenvalue weighted by Crippen LogP contribution is 2.66. The van der Waals surface area contributed by atoms with Gasteiger partial charge in [0.2, 0.25) is 5.91 Å². The number of carbonyl (C=O) groups excluding carboxylic acids is 3. The molecule has 2 bridgehead atoms. The molecule has 2 amide bonds. The Bertz CT molecular complexity index is 990. The van der Waals surface area contributed by atoms with Gasteiger partial charge >= 0.3 is 5.97 Å². The van der Waals surface area contributed by atoms with E-state index in [9.17, 15) is 19.5 Å². The lowest BCUT2D eigenvalue weighted by Crippen LogP contribution is -2.55. The van der Waals surface area contributed by atoms with Crippen molar-refractivity contribution in [3.05, 3.63) is 41.9 Å². The van der Waals surface area contributed by atoms with E-state index in [2.05, 4.69) is 6.58 Å². The largest absolute Gasteiger partial charge is 0.466 e. The first-order valence-corrected chi connectivity index (χ1v) is 13.6. The van der Waals surface area contributed by atoms with Crippen molar-refractivity contribution in [3.63, 3.8) is 0 Å². The van der Waals surface area contributed by atoms with Crippen molar-refractivity contribution in [3.8, 4) is 0 Å². The normalized spacial score (nSPS) is 28.8. The Labute approximate surface area is 215 Å². The van der Waals surface area contributed by atoms with Gasteiger partial charge < -0.3 is 19.6 Å². The summed E-state index contributed by atoms with van der Waals surface area (Å²) in [4.78, 5) is 44.5. The Hall–Kier alpha value is -2.03. The molecule has 1 spiro atoms. The second-order valence-corrected chi connectivity index (χ2v) is 11.3. The van der Waals surface area contributed by atoms with Gasteiger partial charge in [-0.25, -0.2) is 0 Å². The Morgan fingerprint density at radius 3 is 2.80 bits per heavy atom. The average molecular weight is 521 g/mol. The smallest absolute Gasteiger partial charge is 0.310 e. The van der Waals surface area contributed by atoms with Gasteiger partial charge in [0, 0.05) is 24.9 Å². The molecule has 4 rings (SSSR count). The summed E-state index contributed by atoms with van der Waals surface area (Å²) in [5.41, 5.74) is 0.575. The molecule has 35 heavy (non-hydrogen) atoms. The lowest BCUT2D eigenvalue weighted by atomic mass is 9.71. The number of rotatable bonds is 11. The van der Waals surface area contributed by atoms with Gasteiger partial charge in [0.1, 0.15) is 6.04 Å². The number of para-hydroxylation sites is 1. The predicted molar refractivity (Wildman–Crippen MR) is 137 cm³/mol. The third-order valence-corrected chi connectivity index (χ3v) is 9.64. The summed E-state index contributed by atoms with van der Waals surface area (Å²) in [6.45, 7) is 6.59. The molecule has 3 aliphatic heterocycles.